The van der Waals surface area contributed by atoms with Gasteiger partial charge in [0.25, 0.3) is 0 Å². The Hall–Kier alpha value is -4.97. The first kappa shape index (κ1) is 38.9. The number of hydrogen-bond acceptors (Lipinski definition) is 10. The van der Waals surface area contributed by atoms with Crippen LogP contribution in [0, 0.1) is 40.4 Å². The summed E-state index contributed by atoms with van der Waals surface area (Å²) in [5.41, 5.74) is 5.98. The maximum atomic E-state index is 13.7. The number of aliphatic hydroxyl groups excluding tert-OH is 1. The van der Waals surface area contributed by atoms with Crippen LogP contribution in [0.2, 0.25) is 0 Å². The molecule has 11 nitrogen and oxygen atoms in total. The van der Waals surface area contributed by atoms with Crippen LogP contribution in [0.25, 0.3) is 10.8 Å². The van der Waals surface area contributed by atoms with Gasteiger partial charge in [-0.15, -0.1) is 0 Å². The largest absolute Gasteiger partial charge is 0.461 e. The molecule has 0 radical (unpaired) electrons. The Labute approximate surface area is 331 Å². The zero-order valence-electron chi connectivity index (χ0n) is 32.3. The van der Waals surface area contributed by atoms with Gasteiger partial charge in [0.1, 0.15) is 12.2 Å². The Kier molecular flexibility index (Phi) is 10.1. The summed E-state index contributed by atoms with van der Waals surface area (Å²) in [5, 5.41) is 28.7. The number of anilines is 1. The van der Waals surface area contributed by atoms with Crippen molar-refractivity contribution in [2.75, 3.05) is 18.5 Å². The molecule has 0 bridgehead atoms. The fourth-order valence-corrected chi connectivity index (χ4v) is 10.9. The summed E-state index contributed by atoms with van der Waals surface area (Å²) in [7, 11) is 0. The van der Waals surface area contributed by atoms with Crippen LogP contribution in [0.1, 0.15) is 69.4 Å². The van der Waals surface area contributed by atoms with Crippen LogP contribution >= 0.6 is 0 Å². The number of carbonyl (C=O) groups excluding carboxylic acids is 5. The first-order valence-corrected chi connectivity index (χ1v) is 20.1. The zero-order valence-corrected chi connectivity index (χ0v) is 32.3. The molecule has 0 spiro atoms. The minimum atomic E-state index is -1.78. The molecule has 5 aliphatic carbocycles. The summed E-state index contributed by atoms with van der Waals surface area (Å²) in [6.45, 7) is 3.40. The maximum absolute atomic E-state index is 13.7. The summed E-state index contributed by atoms with van der Waals surface area (Å²) in [5.74, 6) is -4.23. The van der Waals surface area contributed by atoms with Gasteiger partial charge in [-0.05, 0) is 96.5 Å². The van der Waals surface area contributed by atoms with E-state index in [-0.39, 0.29) is 61.9 Å². The monoisotopic (exact) mass is 774 g/mol. The predicted molar refractivity (Wildman–Crippen MR) is 211 cm³/mol. The Morgan fingerprint density at radius 2 is 1.67 bits per heavy atom. The van der Waals surface area contributed by atoms with Crippen molar-refractivity contribution in [1.82, 2.24) is 0 Å². The lowest BCUT2D eigenvalue weighted by Crippen LogP contribution is -2.61. The van der Waals surface area contributed by atoms with Gasteiger partial charge in [0.05, 0.1) is 23.9 Å². The third-order valence-electron chi connectivity index (χ3n) is 14.2. The number of amides is 1. The highest BCUT2D eigenvalue weighted by molar-refractivity contribution is 6.01. The van der Waals surface area contributed by atoms with E-state index in [9.17, 15) is 34.2 Å². The van der Waals surface area contributed by atoms with Crippen LogP contribution in [0.3, 0.4) is 0 Å². The number of aliphatic hydroxyl groups is 2. The Morgan fingerprint density at radius 3 is 2.40 bits per heavy atom. The van der Waals surface area contributed by atoms with E-state index in [2.05, 4.69) is 12.2 Å². The summed E-state index contributed by atoms with van der Waals surface area (Å²) < 4.78 is 10.9. The van der Waals surface area contributed by atoms with E-state index in [0.29, 0.717) is 17.7 Å². The Bertz CT molecular complexity index is 2200. The number of nitrogens with one attached hydrogen (secondary N) is 1. The molecule has 10 atom stereocenters. The van der Waals surface area contributed by atoms with Gasteiger partial charge >= 0.3 is 11.9 Å². The van der Waals surface area contributed by atoms with E-state index in [4.69, 9.17) is 15.2 Å². The zero-order chi connectivity index (χ0) is 40.3. The molecule has 5 aliphatic rings. The molecule has 4 fully saturated rings. The molecular formula is C46H50N2O9. The predicted octanol–water partition coefficient (Wildman–Crippen LogP) is 5.32. The summed E-state index contributed by atoms with van der Waals surface area (Å²) >= 11 is 0. The number of ether oxygens (including phenoxy) is 2. The van der Waals surface area contributed by atoms with Crippen molar-refractivity contribution in [2.45, 2.75) is 76.6 Å². The lowest BCUT2D eigenvalue weighted by atomic mass is 9.46. The van der Waals surface area contributed by atoms with Gasteiger partial charge in [-0.3, -0.25) is 24.0 Å². The SMILES string of the molecule is C[C@]12C=CC(=O)C=C1CC[C@@H]1[C@@H]2[C@@H](O)C[C@@]2(C)[C@H]1CC[C@]2(O)C(=O)COC(=O)C1CC1C(=O)OCc1ccc(C(CN)C(=O)Nc2ccc3ccccc3c2)cc1. The van der Waals surface area contributed by atoms with Gasteiger partial charge in [0.15, 0.2) is 12.4 Å². The number of benzene rings is 3. The highest BCUT2D eigenvalue weighted by Crippen LogP contribution is 2.67. The topological polar surface area (TPSA) is 182 Å². The van der Waals surface area contributed by atoms with Crippen molar-refractivity contribution in [3.63, 3.8) is 0 Å². The quantitative estimate of drug-likeness (QED) is 0.186. The molecule has 11 heteroatoms. The molecule has 4 saturated carbocycles. The molecule has 57 heavy (non-hydrogen) atoms. The van der Waals surface area contributed by atoms with Gasteiger partial charge in [0.2, 0.25) is 11.7 Å². The molecule has 0 aromatic heterocycles. The first-order valence-electron chi connectivity index (χ1n) is 20.1. The molecule has 0 saturated heterocycles. The number of ketones is 2. The van der Waals surface area contributed by atoms with Gasteiger partial charge in [-0.25, -0.2) is 0 Å². The number of fused-ring (bicyclic) bond motifs is 6. The number of Topliss-reactive ketones (excluding diaryl/α,β-unsaturated/α-hetero) is 1. The van der Waals surface area contributed by atoms with Crippen LogP contribution in [-0.4, -0.2) is 64.5 Å². The minimum Gasteiger partial charge on any atom is -0.461 e. The number of esters is 2. The molecule has 0 aliphatic heterocycles. The van der Waals surface area contributed by atoms with E-state index in [1.807, 2.05) is 55.5 Å². The van der Waals surface area contributed by atoms with Crippen LogP contribution in [0.15, 0.2) is 90.5 Å². The lowest BCUT2D eigenvalue weighted by Gasteiger charge is -2.59. The molecule has 0 heterocycles. The Morgan fingerprint density at radius 1 is 0.947 bits per heavy atom. The molecule has 3 aromatic rings. The van der Waals surface area contributed by atoms with E-state index < -0.39 is 64.6 Å². The maximum Gasteiger partial charge on any atom is 0.310 e. The summed E-state index contributed by atoms with van der Waals surface area (Å²) in [6, 6.07) is 20.7. The van der Waals surface area contributed by atoms with E-state index >= 15 is 0 Å². The lowest BCUT2D eigenvalue weighted by molar-refractivity contribution is -0.181. The smallest absolute Gasteiger partial charge is 0.310 e. The number of rotatable bonds is 11. The molecule has 8 rings (SSSR count). The Balaban J connectivity index is 0.814. The summed E-state index contributed by atoms with van der Waals surface area (Å²) in [6.07, 6.45) is 7.14. The molecule has 3 aromatic carbocycles. The average molecular weight is 775 g/mol. The van der Waals surface area contributed by atoms with E-state index in [1.165, 1.54) is 0 Å². The fourth-order valence-electron chi connectivity index (χ4n) is 10.9. The number of hydrogen-bond donors (Lipinski definition) is 4. The standard InChI is InChI=1S/C46H50N2O9/c1-44-17-15-32(49)20-30(44)12-14-33-37-16-18-46(55,45(37,2)22-38(50)40(33)44)39(51)25-57-43(54)35-21-34(35)42(53)56-24-26-7-9-28(10-8-26)36(23-47)41(52)48-31-13-11-27-5-3-4-6-29(27)19-31/h3-11,13,15,17,19-20,33-38,40,50,55H,12,14,16,18,21-25,47H2,1-2H3,(H,48,52)/t33-,34?,35?,36?,37-,38-,40+,44-,45-,46-/m0/s1. The second-order valence-corrected chi connectivity index (χ2v) is 17.3. The first-order chi connectivity index (χ1) is 27.3. The summed E-state index contributed by atoms with van der Waals surface area (Å²) in [4.78, 5) is 64.8. The van der Waals surface area contributed by atoms with Gasteiger partial charge in [-0.1, -0.05) is 80.1 Å². The third kappa shape index (κ3) is 6.83. The van der Waals surface area contributed by atoms with Crippen molar-refractivity contribution < 1.29 is 43.7 Å². The number of carbonyl (C=O) groups is 5. The van der Waals surface area contributed by atoms with Crippen LogP contribution in [0.5, 0.6) is 0 Å². The highest BCUT2D eigenvalue weighted by Gasteiger charge is 2.68. The molecule has 3 unspecified atom stereocenters. The van der Waals surface area contributed by atoms with Crippen LogP contribution in [-0.2, 0) is 40.1 Å². The van der Waals surface area contributed by atoms with Crippen molar-refractivity contribution in [3.8, 4) is 0 Å². The fraction of sp³-hybridized carbons (Fsp3) is 0.457. The minimum absolute atomic E-state index is 0.0265. The third-order valence-corrected chi connectivity index (χ3v) is 14.2. The molecule has 5 N–H and O–H groups in total. The van der Waals surface area contributed by atoms with Crippen LogP contribution < -0.4 is 11.1 Å². The molecular weight excluding hydrogens is 725 g/mol. The second kappa shape index (κ2) is 14.8. The second-order valence-electron chi connectivity index (χ2n) is 17.3. The van der Waals surface area contributed by atoms with Crippen LogP contribution in [0.4, 0.5) is 5.69 Å². The van der Waals surface area contributed by atoms with E-state index in [0.717, 1.165) is 34.8 Å². The van der Waals surface area contributed by atoms with Crippen molar-refractivity contribution in [3.05, 3.63) is 102 Å². The molecule has 298 valence electrons. The normalized spacial score (nSPS) is 32.9. The van der Waals surface area contributed by atoms with Gasteiger partial charge in [0, 0.05) is 29.0 Å². The van der Waals surface area contributed by atoms with E-state index in [1.54, 1.807) is 36.4 Å². The van der Waals surface area contributed by atoms with Crippen molar-refractivity contribution in [2.24, 2.45) is 46.2 Å². The van der Waals surface area contributed by atoms with Gasteiger partial charge < -0.3 is 30.7 Å². The highest BCUT2D eigenvalue weighted by atomic mass is 16.5. The number of allylic oxidation sites excluding steroid dienone is 4. The average Bonchev–Trinajstić information content (AvgIpc) is 3.96. The number of nitrogens with two attached hydrogens (primary N) is 1. The van der Waals surface area contributed by atoms with Crippen molar-refractivity contribution >= 4 is 45.9 Å². The van der Waals surface area contributed by atoms with Gasteiger partial charge in [-0.2, -0.15) is 0 Å². The van der Waals surface area contributed by atoms with Crippen molar-refractivity contribution in [1.29, 1.82) is 0 Å². The molecule has 1 amide bonds.